The smallest absolute Gasteiger partial charge is 0.361 e. The van der Waals surface area contributed by atoms with Crippen LogP contribution in [0, 0.1) is 0 Å². The lowest BCUT2D eigenvalue weighted by molar-refractivity contribution is 0.0665. The molecule has 0 unspecified atom stereocenters. The maximum Gasteiger partial charge on any atom is 0.361 e. The molecule has 4 rings (SSSR count). The summed E-state index contributed by atoms with van der Waals surface area (Å²) in [4.78, 5) is 29.3. The van der Waals surface area contributed by atoms with Crippen LogP contribution < -0.4 is 16.7 Å². The lowest BCUT2D eigenvalue weighted by atomic mass is 10.1. The van der Waals surface area contributed by atoms with Crippen molar-refractivity contribution in [1.29, 1.82) is 0 Å². The number of hydrogen-bond donors (Lipinski definition) is 2. The quantitative estimate of drug-likeness (QED) is 0.681. The summed E-state index contributed by atoms with van der Waals surface area (Å²) in [5, 5.41) is 3.89. The summed E-state index contributed by atoms with van der Waals surface area (Å²) in [6, 6.07) is 14.4. The van der Waals surface area contributed by atoms with Crippen LogP contribution >= 0.6 is 0 Å². The molecule has 1 aromatic heterocycles. The molecule has 1 fully saturated rings. The maximum absolute atomic E-state index is 13.1. The number of nitrogens with zero attached hydrogens (tertiary/aromatic N) is 2. The minimum Gasteiger partial charge on any atom is -0.421 e. The van der Waals surface area contributed by atoms with Crippen LogP contribution in [0.1, 0.15) is 10.4 Å². The molecular formula is C21H22N4O3. The molecule has 0 radical (unpaired) electrons. The van der Waals surface area contributed by atoms with E-state index in [0.717, 1.165) is 13.1 Å². The van der Waals surface area contributed by atoms with E-state index in [-0.39, 0.29) is 11.6 Å². The molecule has 144 valence electrons. The fourth-order valence-electron chi connectivity index (χ4n) is 3.39. The fraction of sp³-hybridized carbons (Fsp3) is 0.238. The summed E-state index contributed by atoms with van der Waals surface area (Å²) in [5.74, 6) is -0.0398. The first-order chi connectivity index (χ1) is 13.5. The molecule has 0 saturated carbocycles. The molecule has 7 nitrogen and oxygen atoms in total. The first-order valence-electron chi connectivity index (χ1n) is 9.20. The van der Waals surface area contributed by atoms with Gasteiger partial charge in [-0.15, -0.1) is 0 Å². The van der Waals surface area contributed by atoms with E-state index in [1.807, 2.05) is 42.3 Å². The number of likely N-dealkylation sites (N-methyl/N-ethyl adjacent to an activating group) is 1. The largest absolute Gasteiger partial charge is 0.421 e. The second-order valence-electron chi connectivity index (χ2n) is 6.94. The van der Waals surface area contributed by atoms with E-state index < -0.39 is 5.63 Å². The molecule has 7 heteroatoms. The van der Waals surface area contributed by atoms with Crippen LogP contribution in [0.15, 0.2) is 57.7 Å². The first-order valence-corrected chi connectivity index (χ1v) is 9.20. The van der Waals surface area contributed by atoms with E-state index in [0.29, 0.717) is 41.0 Å². The topological polar surface area (TPSA) is 91.8 Å². The number of carbonyl (C=O) groups is 1. The standard InChI is InChI=1S/C21H22N4O3/c1-24-10-12-25(13-11-24)20(26)14-6-2-4-8-16(14)23-19-15-7-3-5-9-17(15)28-21(27)18(19)22/h2-9,23H,10-13,22H2,1H3. The Hall–Kier alpha value is -3.32. The minimum atomic E-state index is -0.607. The highest BCUT2D eigenvalue weighted by atomic mass is 16.4. The van der Waals surface area contributed by atoms with E-state index in [2.05, 4.69) is 10.2 Å². The van der Waals surface area contributed by atoms with E-state index in [9.17, 15) is 9.59 Å². The highest BCUT2D eigenvalue weighted by Gasteiger charge is 2.23. The van der Waals surface area contributed by atoms with Crippen LogP contribution in [0.3, 0.4) is 0 Å². The van der Waals surface area contributed by atoms with Crippen LogP contribution in [0.4, 0.5) is 17.1 Å². The second kappa shape index (κ2) is 7.36. The molecule has 0 atom stereocenters. The summed E-state index contributed by atoms with van der Waals surface area (Å²) in [6.45, 7) is 3.06. The Labute approximate surface area is 162 Å². The van der Waals surface area contributed by atoms with Gasteiger partial charge in [-0.3, -0.25) is 4.79 Å². The van der Waals surface area contributed by atoms with Crippen molar-refractivity contribution in [2.45, 2.75) is 0 Å². The van der Waals surface area contributed by atoms with Crippen LogP contribution in [-0.4, -0.2) is 48.9 Å². The molecule has 3 aromatic rings. The van der Waals surface area contributed by atoms with E-state index >= 15 is 0 Å². The number of nitrogen functional groups attached to an aromatic ring is 1. The zero-order valence-electron chi connectivity index (χ0n) is 15.6. The average Bonchev–Trinajstić information content (AvgIpc) is 2.72. The Morgan fingerprint density at radius 3 is 2.50 bits per heavy atom. The normalized spacial score (nSPS) is 15.0. The van der Waals surface area contributed by atoms with Gasteiger partial charge in [0.1, 0.15) is 11.3 Å². The van der Waals surface area contributed by atoms with Gasteiger partial charge < -0.3 is 25.3 Å². The predicted molar refractivity (Wildman–Crippen MR) is 110 cm³/mol. The summed E-state index contributed by atoms with van der Waals surface area (Å²) < 4.78 is 5.25. The molecule has 1 saturated heterocycles. The van der Waals surface area contributed by atoms with Crippen molar-refractivity contribution >= 4 is 33.9 Å². The number of hydrogen-bond acceptors (Lipinski definition) is 6. The third-order valence-electron chi connectivity index (χ3n) is 5.06. The van der Waals surface area contributed by atoms with E-state index in [1.165, 1.54) is 0 Å². The zero-order valence-corrected chi connectivity index (χ0v) is 15.6. The Morgan fingerprint density at radius 1 is 1.04 bits per heavy atom. The van der Waals surface area contributed by atoms with Gasteiger partial charge in [-0.2, -0.15) is 0 Å². The van der Waals surface area contributed by atoms with Crippen molar-refractivity contribution < 1.29 is 9.21 Å². The molecule has 1 amide bonds. The van der Waals surface area contributed by atoms with E-state index in [1.54, 1.807) is 18.2 Å². The van der Waals surface area contributed by atoms with Gasteiger partial charge in [0, 0.05) is 31.6 Å². The maximum atomic E-state index is 13.1. The molecular weight excluding hydrogens is 356 g/mol. The summed E-state index contributed by atoms with van der Waals surface area (Å²) >= 11 is 0. The van der Waals surface area contributed by atoms with Crippen molar-refractivity contribution in [3.8, 4) is 0 Å². The number of benzene rings is 2. The molecule has 0 spiro atoms. The lowest BCUT2D eigenvalue weighted by Crippen LogP contribution is -2.47. The van der Waals surface area contributed by atoms with Gasteiger partial charge in [0.15, 0.2) is 0 Å². The highest BCUT2D eigenvalue weighted by molar-refractivity contribution is 6.03. The molecule has 3 N–H and O–H groups in total. The second-order valence-corrected chi connectivity index (χ2v) is 6.94. The molecule has 1 aliphatic rings. The Kier molecular flexibility index (Phi) is 4.75. The molecule has 0 aliphatic carbocycles. The summed E-state index contributed by atoms with van der Waals surface area (Å²) in [6.07, 6.45) is 0. The Balaban J connectivity index is 1.73. The van der Waals surface area contributed by atoms with Crippen molar-refractivity contribution in [2.24, 2.45) is 0 Å². The Morgan fingerprint density at radius 2 is 1.71 bits per heavy atom. The SMILES string of the molecule is CN1CCN(C(=O)c2ccccc2Nc2c(N)c(=O)oc3ccccc23)CC1. The number of rotatable bonds is 3. The third-order valence-corrected chi connectivity index (χ3v) is 5.06. The summed E-state index contributed by atoms with van der Waals surface area (Å²) in [5.41, 5.74) is 7.43. The van der Waals surface area contributed by atoms with Gasteiger partial charge in [-0.25, -0.2) is 4.79 Å². The number of anilines is 3. The molecule has 2 aromatic carbocycles. The zero-order chi connectivity index (χ0) is 19.7. The lowest BCUT2D eigenvalue weighted by Gasteiger charge is -2.32. The van der Waals surface area contributed by atoms with Gasteiger partial charge in [0.2, 0.25) is 0 Å². The van der Waals surface area contributed by atoms with Crippen molar-refractivity contribution in [1.82, 2.24) is 9.80 Å². The van der Waals surface area contributed by atoms with Gasteiger partial charge in [-0.1, -0.05) is 24.3 Å². The third kappa shape index (κ3) is 3.32. The molecule has 28 heavy (non-hydrogen) atoms. The van der Waals surface area contributed by atoms with Crippen LogP contribution in [0.5, 0.6) is 0 Å². The average molecular weight is 378 g/mol. The number of nitrogens with two attached hydrogens (primary N) is 1. The monoisotopic (exact) mass is 378 g/mol. The fourth-order valence-corrected chi connectivity index (χ4v) is 3.39. The van der Waals surface area contributed by atoms with Gasteiger partial charge in [0.25, 0.3) is 5.91 Å². The molecule has 1 aliphatic heterocycles. The first kappa shape index (κ1) is 18.1. The van der Waals surface area contributed by atoms with Gasteiger partial charge >= 0.3 is 5.63 Å². The summed E-state index contributed by atoms with van der Waals surface area (Å²) in [7, 11) is 2.05. The van der Waals surface area contributed by atoms with E-state index in [4.69, 9.17) is 10.2 Å². The minimum absolute atomic E-state index is 0.0134. The number of amides is 1. The molecule has 0 bridgehead atoms. The van der Waals surface area contributed by atoms with Crippen molar-refractivity contribution in [2.75, 3.05) is 44.3 Å². The van der Waals surface area contributed by atoms with Gasteiger partial charge in [0.05, 0.1) is 16.9 Å². The van der Waals surface area contributed by atoms with Crippen LogP contribution in [0.2, 0.25) is 0 Å². The molecule has 2 heterocycles. The van der Waals surface area contributed by atoms with Gasteiger partial charge in [-0.05, 0) is 31.3 Å². The number of carbonyl (C=O) groups excluding carboxylic acids is 1. The van der Waals surface area contributed by atoms with Crippen molar-refractivity contribution in [3.05, 3.63) is 64.5 Å². The number of para-hydroxylation sites is 2. The number of piperazine rings is 1. The predicted octanol–water partition coefficient (Wildman–Crippen LogP) is 2.51. The van der Waals surface area contributed by atoms with Crippen molar-refractivity contribution in [3.63, 3.8) is 0 Å². The Bertz CT molecular complexity index is 1080. The van der Waals surface area contributed by atoms with Crippen LogP contribution in [0.25, 0.3) is 11.0 Å². The van der Waals surface area contributed by atoms with Crippen LogP contribution in [-0.2, 0) is 0 Å². The highest BCUT2D eigenvalue weighted by Crippen LogP contribution is 2.31. The number of nitrogens with one attached hydrogen (secondary N) is 1. The number of fused-ring (bicyclic) bond motifs is 1.